The molecule has 0 unspecified atom stereocenters. The van der Waals surface area contributed by atoms with Crippen LogP contribution in [0.15, 0.2) is 30.0 Å². The van der Waals surface area contributed by atoms with Gasteiger partial charge in [-0.2, -0.15) is 0 Å². The molecule has 0 aliphatic carbocycles. The molecule has 2 heterocycles. The van der Waals surface area contributed by atoms with E-state index in [0.29, 0.717) is 0 Å². The van der Waals surface area contributed by atoms with E-state index in [1.54, 1.807) is 0 Å². The number of hydrogen-bond acceptors (Lipinski definition) is 3. The van der Waals surface area contributed by atoms with Crippen molar-refractivity contribution in [2.24, 2.45) is 0 Å². The molecule has 1 aromatic carbocycles. The maximum atomic E-state index is 6.20. The number of allylic oxidation sites excluding steroid dienone is 3. The molecule has 0 spiro atoms. The van der Waals surface area contributed by atoms with E-state index in [-0.39, 0.29) is 0 Å². The fraction of sp³-hybridized carbons (Fsp3) is 0.250. The van der Waals surface area contributed by atoms with E-state index >= 15 is 0 Å². The lowest BCUT2D eigenvalue weighted by Gasteiger charge is -2.18. The Morgan fingerprint density at radius 1 is 1.26 bits per heavy atom. The van der Waals surface area contributed by atoms with Crippen LogP contribution in [0.2, 0.25) is 0 Å². The van der Waals surface area contributed by atoms with Crippen LogP contribution in [0.5, 0.6) is 0 Å². The fourth-order valence-corrected chi connectivity index (χ4v) is 2.57. The minimum atomic E-state index is 0.848. The van der Waals surface area contributed by atoms with E-state index in [1.165, 1.54) is 22.1 Å². The van der Waals surface area contributed by atoms with Gasteiger partial charge in [0.05, 0.1) is 0 Å². The van der Waals surface area contributed by atoms with E-state index < -0.39 is 0 Å². The number of fused-ring (bicyclic) bond motifs is 1. The summed E-state index contributed by atoms with van der Waals surface area (Å²) in [7, 11) is 2.06. The standard InChI is InChI=1S/C16H19N3/c1-11-7-12(3-5-18-11)14-8-13-4-6-19(2)10-15(13)16(17)9-14/h3-4,7-10,18H,5-6,17H2,1-2H3. The fourth-order valence-electron chi connectivity index (χ4n) is 2.57. The predicted molar refractivity (Wildman–Crippen MR) is 81.4 cm³/mol. The molecule has 2 aliphatic heterocycles. The molecule has 0 fully saturated rings. The van der Waals surface area contributed by atoms with Crippen molar-refractivity contribution >= 4 is 23.5 Å². The number of anilines is 1. The zero-order valence-corrected chi connectivity index (χ0v) is 11.4. The second-order valence-electron chi connectivity index (χ2n) is 5.21. The average molecular weight is 253 g/mol. The molecule has 3 rings (SSSR count). The third-order valence-corrected chi connectivity index (χ3v) is 3.60. The molecule has 0 aromatic heterocycles. The van der Waals surface area contributed by atoms with Gasteiger partial charge in [0, 0.05) is 42.9 Å². The molecule has 2 aliphatic rings. The Morgan fingerprint density at radius 3 is 2.89 bits per heavy atom. The number of nitrogen functional groups attached to an aromatic ring is 1. The maximum absolute atomic E-state index is 6.20. The van der Waals surface area contributed by atoms with Crippen molar-refractivity contribution < 1.29 is 0 Å². The van der Waals surface area contributed by atoms with Gasteiger partial charge in [-0.3, -0.25) is 0 Å². The molecular formula is C16H19N3. The summed E-state index contributed by atoms with van der Waals surface area (Å²) in [6, 6.07) is 4.30. The van der Waals surface area contributed by atoms with Gasteiger partial charge < -0.3 is 16.0 Å². The van der Waals surface area contributed by atoms with Crippen LogP contribution in [0.1, 0.15) is 12.5 Å². The van der Waals surface area contributed by atoms with Crippen molar-refractivity contribution in [1.29, 1.82) is 0 Å². The van der Waals surface area contributed by atoms with E-state index in [4.69, 9.17) is 5.73 Å². The molecule has 0 amide bonds. The summed E-state index contributed by atoms with van der Waals surface area (Å²) >= 11 is 0. The van der Waals surface area contributed by atoms with Gasteiger partial charge in [-0.05, 0) is 41.5 Å². The highest BCUT2D eigenvalue weighted by Gasteiger charge is 2.08. The molecule has 98 valence electrons. The number of dihydropyridines is 1. The largest absolute Gasteiger partial charge is 0.398 e. The maximum Gasteiger partial charge on any atom is 0.0414 e. The van der Waals surface area contributed by atoms with Crippen LogP contribution in [-0.2, 0) is 0 Å². The molecular weight excluding hydrogens is 234 g/mol. The molecule has 3 nitrogen and oxygen atoms in total. The summed E-state index contributed by atoms with van der Waals surface area (Å²) in [6.45, 7) is 3.90. The van der Waals surface area contributed by atoms with Gasteiger partial charge in [0.2, 0.25) is 0 Å². The van der Waals surface area contributed by atoms with Gasteiger partial charge in [-0.25, -0.2) is 0 Å². The lowest BCUT2D eigenvalue weighted by molar-refractivity contribution is 0.564. The zero-order valence-electron chi connectivity index (χ0n) is 11.4. The van der Waals surface area contributed by atoms with Crippen molar-refractivity contribution in [3.63, 3.8) is 0 Å². The van der Waals surface area contributed by atoms with Crippen LogP contribution < -0.4 is 21.5 Å². The average Bonchev–Trinajstić information content (AvgIpc) is 2.39. The number of nitrogens with one attached hydrogen (secondary N) is 1. The van der Waals surface area contributed by atoms with Crippen LogP contribution in [0, 0.1) is 0 Å². The summed E-state index contributed by atoms with van der Waals surface area (Å²) in [5.74, 6) is 0. The first kappa shape index (κ1) is 11.9. The van der Waals surface area contributed by atoms with Crippen molar-refractivity contribution in [3.8, 4) is 0 Å². The number of rotatable bonds is 1. The second kappa shape index (κ2) is 4.50. The van der Waals surface area contributed by atoms with Crippen molar-refractivity contribution in [2.45, 2.75) is 6.92 Å². The minimum Gasteiger partial charge on any atom is -0.398 e. The lowest BCUT2D eigenvalue weighted by atomic mass is 9.99. The summed E-state index contributed by atoms with van der Waals surface area (Å²) in [4.78, 5) is 2.15. The highest BCUT2D eigenvalue weighted by atomic mass is 15.1. The smallest absolute Gasteiger partial charge is 0.0414 e. The van der Waals surface area contributed by atoms with Crippen LogP contribution in [0.25, 0.3) is 17.8 Å². The minimum absolute atomic E-state index is 0.848. The Labute approximate surface area is 113 Å². The molecule has 0 saturated heterocycles. The van der Waals surface area contributed by atoms with Gasteiger partial charge in [-0.15, -0.1) is 0 Å². The van der Waals surface area contributed by atoms with Crippen LogP contribution in [-0.4, -0.2) is 25.0 Å². The Morgan fingerprint density at radius 2 is 2.11 bits per heavy atom. The van der Waals surface area contributed by atoms with Gasteiger partial charge in [0.1, 0.15) is 0 Å². The number of nitrogens with two attached hydrogens (primary N) is 1. The third-order valence-electron chi connectivity index (χ3n) is 3.60. The van der Waals surface area contributed by atoms with Gasteiger partial charge in [0.15, 0.2) is 0 Å². The molecule has 3 heteroatoms. The van der Waals surface area contributed by atoms with Crippen molar-refractivity contribution in [2.75, 3.05) is 25.9 Å². The summed E-state index contributed by atoms with van der Waals surface area (Å²) < 4.78 is 0. The third kappa shape index (κ3) is 2.24. The van der Waals surface area contributed by atoms with Crippen LogP contribution in [0.3, 0.4) is 0 Å². The summed E-state index contributed by atoms with van der Waals surface area (Å²) in [6.07, 6.45) is 8.72. The van der Waals surface area contributed by atoms with E-state index in [2.05, 4.69) is 60.7 Å². The zero-order chi connectivity index (χ0) is 13.4. The highest BCUT2D eigenvalue weighted by molar-refractivity contribution is 5.77. The number of nitrogens with zero attached hydrogens (tertiary/aromatic N) is 1. The Bertz CT molecular complexity index is 695. The Hall–Kier alpha value is -2.16. The van der Waals surface area contributed by atoms with Gasteiger partial charge >= 0.3 is 0 Å². The quantitative estimate of drug-likeness (QED) is 0.721. The molecule has 0 bridgehead atoms. The summed E-state index contributed by atoms with van der Waals surface area (Å²) in [5, 5.41) is 5.66. The normalized spacial score (nSPS) is 17.5. The SMILES string of the molecule is CC1=CC(c2cc(N)c3c(c2)=CCN(C)C=3)=CCN1. The topological polar surface area (TPSA) is 41.3 Å². The molecule has 19 heavy (non-hydrogen) atoms. The van der Waals surface area contributed by atoms with Crippen LogP contribution >= 0.6 is 0 Å². The first-order valence-electron chi connectivity index (χ1n) is 6.58. The molecule has 3 N–H and O–H groups in total. The van der Waals surface area contributed by atoms with Gasteiger partial charge in [-0.1, -0.05) is 12.2 Å². The van der Waals surface area contributed by atoms with Gasteiger partial charge in [0.25, 0.3) is 0 Å². The highest BCUT2D eigenvalue weighted by Crippen LogP contribution is 2.19. The first-order chi connectivity index (χ1) is 9.13. The Balaban J connectivity index is 2.15. The predicted octanol–water partition coefficient (Wildman–Crippen LogP) is 0.623. The van der Waals surface area contributed by atoms with Crippen LogP contribution in [0.4, 0.5) is 5.69 Å². The molecule has 0 radical (unpaired) electrons. The lowest BCUT2D eigenvalue weighted by Crippen LogP contribution is -2.36. The second-order valence-corrected chi connectivity index (χ2v) is 5.21. The Kier molecular flexibility index (Phi) is 2.82. The van der Waals surface area contributed by atoms with E-state index in [1.807, 2.05) is 0 Å². The monoisotopic (exact) mass is 253 g/mol. The van der Waals surface area contributed by atoms with Crippen molar-refractivity contribution in [1.82, 2.24) is 10.2 Å². The molecule has 0 atom stereocenters. The first-order valence-corrected chi connectivity index (χ1v) is 6.58. The van der Waals surface area contributed by atoms with Crippen molar-refractivity contribution in [3.05, 3.63) is 46.0 Å². The van der Waals surface area contributed by atoms with E-state index in [0.717, 1.165) is 24.0 Å². The number of benzene rings is 1. The number of hydrogen-bond donors (Lipinski definition) is 2. The van der Waals surface area contributed by atoms with E-state index in [9.17, 15) is 0 Å². The summed E-state index contributed by atoms with van der Waals surface area (Å²) in [5.41, 5.74) is 10.7. The molecule has 0 saturated carbocycles. The molecule has 1 aromatic rings.